The van der Waals surface area contributed by atoms with Crippen molar-refractivity contribution in [3.8, 4) is 17.5 Å². The fourth-order valence-electron chi connectivity index (χ4n) is 4.27. The lowest BCUT2D eigenvalue weighted by Crippen LogP contribution is -2.64. The Kier molecular flexibility index (Phi) is 3.64. The molecule has 1 saturated carbocycles. The van der Waals surface area contributed by atoms with Crippen LogP contribution in [-0.2, 0) is 11.8 Å². The van der Waals surface area contributed by atoms with Crippen LogP contribution in [0.15, 0.2) is 18.6 Å². The Labute approximate surface area is 157 Å². The summed E-state index contributed by atoms with van der Waals surface area (Å²) in [5, 5.41) is 13.8. The summed E-state index contributed by atoms with van der Waals surface area (Å²) in [5.74, 6) is 1.83. The first-order chi connectivity index (χ1) is 13.1. The van der Waals surface area contributed by atoms with E-state index >= 15 is 0 Å². The molecule has 3 saturated heterocycles. The Balaban J connectivity index is 1.46. The van der Waals surface area contributed by atoms with Crippen LogP contribution in [0.3, 0.4) is 0 Å². The third-order valence-corrected chi connectivity index (χ3v) is 5.86. The van der Waals surface area contributed by atoms with E-state index in [2.05, 4.69) is 26.0 Å². The predicted octanol–water partition coefficient (Wildman–Crippen LogP) is 1.34. The SMILES string of the molecule is Cn1cc(-c2ncc(C#N)c(N3C[C@@H]4CC[C@H]3CN4C(=O)C3CC3)n2)cn1. The number of carbonyl (C=O) groups excluding carboxylic acids is 1. The van der Waals surface area contributed by atoms with E-state index in [-0.39, 0.29) is 18.0 Å². The fourth-order valence-corrected chi connectivity index (χ4v) is 4.27. The molecule has 0 radical (unpaired) electrons. The van der Waals surface area contributed by atoms with Gasteiger partial charge in [-0.2, -0.15) is 10.4 Å². The van der Waals surface area contributed by atoms with Gasteiger partial charge in [0.1, 0.15) is 11.6 Å². The van der Waals surface area contributed by atoms with Crippen LogP contribution in [-0.4, -0.2) is 55.7 Å². The number of nitriles is 1. The van der Waals surface area contributed by atoms with E-state index < -0.39 is 0 Å². The third-order valence-electron chi connectivity index (χ3n) is 5.86. The largest absolute Gasteiger partial charge is 0.349 e. The average molecular weight is 363 g/mol. The lowest BCUT2D eigenvalue weighted by Gasteiger charge is -2.52. The van der Waals surface area contributed by atoms with Gasteiger partial charge in [0, 0.05) is 44.3 Å². The molecule has 2 aromatic rings. The summed E-state index contributed by atoms with van der Waals surface area (Å²) in [6.45, 7) is 1.47. The molecule has 0 aromatic carbocycles. The highest BCUT2D eigenvalue weighted by Crippen LogP contribution is 2.38. The topological polar surface area (TPSA) is 90.9 Å². The molecule has 5 heterocycles. The first-order valence-electron chi connectivity index (χ1n) is 9.47. The molecule has 0 unspecified atom stereocenters. The van der Waals surface area contributed by atoms with Gasteiger partial charge in [0.05, 0.1) is 18.0 Å². The van der Waals surface area contributed by atoms with Gasteiger partial charge >= 0.3 is 0 Å². The van der Waals surface area contributed by atoms with E-state index in [0.29, 0.717) is 23.1 Å². The minimum Gasteiger partial charge on any atom is -0.349 e. The molecule has 4 fully saturated rings. The summed E-state index contributed by atoms with van der Waals surface area (Å²) in [5.41, 5.74) is 1.31. The Hall–Kier alpha value is -2.95. The highest BCUT2D eigenvalue weighted by atomic mass is 16.2. The number of amides is 1. The number of piperazine rings is 1. The molecule has 27 heavy (non-hydrogen) atoms. The number of aromatic nitrogens is 4. The number of nitrogens with zero attached hydrogens (tertiary/aromatic N) is 7. The highest BCUT2D eigenvalue weighted by Gasteiger charge is 2.45. The van der Waals surface area contributed by atoms with Crippen LogP contribution in [0.5, 0.6) is 0 Å². The van der Waals surface area contributed by atoms with Crippen molar-refractivity contribution in [2.45, 2.75) is 37.8 Å². The Morgan fingerprint density at radius 1 is 1.19 bits per heavy atom. The molecule has 1 amide bonds. The van der Waals surface area contributed by atoms with E-state index in [9.17, 15) is 10.1 Å². The smallest absolute Gasteiger partial charge is 0.226 e. The molecule has 6 rings (SSSR count). The quantitative estimate of drug-likeness (QED) is 0.817. The fraction of sp³-hybridized carbons (Fsp3) is 0.526. The molecule has 2 bridgehead atoms. The zero-order valence-electron chi connectivity index (χ0n) is 15.2. The van der Waals surface area contributed by atoms with E-state index in [1.165, 1.54) is 0 Å². The summed E-state index contributed by atoms with van der Waals surface area (Å²) in [6, 6.07) is 2.65. The van der Waals surface area contributed by atoms with Crippen LogP contribution in [0.25, 0.3) is 11.4 Å². The van der Waals surface area contributed by atoms with Crippen LogP contribution in [0.1, 0.15) is 31.2 Å². The van der Waals surface area contributed by atoms with E-state index in [1.807, 2.05) is 13.2 Å². The van der Waals surface area contributed by atoms with Gasteiger partial charge in [-0.05, 0) is 25.7 Å². The van der Waals surface area contributed by atoms with Crippen molar-refractivity contribution in [2.75, 3.05) is 18.0 Å². The molecule has 3 aliphatic heterocycles. The van der Waals surface area contributed by atoms with Gasteiger partial charge in [-0.25, -0.2) is 9.97 Å². The van der Waals surface area contributed by atoms with E-state index in [1.54, 1.807) is 17.1 Å². The van der Waals surface area contributed by atoms with Crippen molar-refractivity contribution in [1.29, 1.82) is 5.26 Å². The van der Waals surface area contributed by atoms with Crippen molar-refractivity contribution in [3.63, 3.8) is 0 Å². The number of piperidine rings is 2. The summed E-state index contributed by atoms with van der Waals surface area (Å²) >= 11 is 0. The van der Waals surface area contributed by atoms with Crippen LogP contribution in [0.4, 0.5) is 5.82 Å². The number of hydrogen-bond acceptors (Lipinski definition) is 6. The normalized spacial score (nSPS) is 24.1. The molecule has 2 atom stereocenters. The molecule has 2 aromatic heterocycles. The van der Waals surface area contributed by atoms with Crippen molar-refractivity contribution in [1.82, 2.24) is 24.6 Å². The molecule has 8 heteroatoms. The maximum atomic E-state index is 12.6. The van der Waals surface area contributed by atoms with E-state index in [0.717, 1.165) is 44.3 Å². The summed E-state index contributed by atoms with van der Waals surface area (Å²) in [7, 11) is 1.85. The van der Waals surface area contributed by atoms with Crippen LogP contribution >= 0.6 is 0 Å². The van der Waals surface area contributed by atoms with Crippen molar-refractivity contribution in [2.24, 2.45) is 13.0 Å². The standard InChI is InChI=1S/C19H21N7O/c1-24-9-14(8-22-24)17-21-7-13(6-20)18(23-17)25-10-16-5-4-15(25)11-26(16)19(27)12-2-3-12/h7-9,12,15-16H,2-5,10-11H2,1H3/t15-,16-/m0/s1. The van der Waals surface area contributed by atoms with Gasteiger partial charge in [-0.15, -0.1) is 0 Å². The molecular formula is C19H21N7O. The predicted molar refractivity (Wildman–Crippen MR) is 97.5 cm³/mol. The number of rotatable bonds is 3. The summed E-state index contributed by atoms with van der Waals surface area (Å²) < 4.78 is 1.71. The van der Waals surface area contributed by atoms with Gasteiger partial charge in [0.15, 0.2) is 11.6 Å². The van der Waals surface area contributed by atoms with Crippen LogP contribution in [0.2, 0.25) is 0 Å². The lowest BCUT2D eigenvalue weighted by molar-refractivity contribution is -0.137. The first kappa shape index (κ1) is 16.2. The van der Waals surface area contributed by atoms with Crippen molar-refractivity contribution < 1.29 is 4.79 Å². The zero-order chi connectivity index (χ0) is 18.5. The monoisotopic (exact) mass is 363 g/mol. The minimum atomic E-state index is 0.210. The second kappa shape index (κ2) is 6.05. The summed E-state index contributed by atoms with van der Waals surface area (Å²) in [4.78, 5) is 25.9. The average Bonchev–Trinajstić information content (AvgIpc) is 3.47. The second-order valence-electron chi connectivity index (χ2n) is 7.75. The van der Waals surface area contributed by atoms with Crippen molar-refractivity contribution in [3.05, 3.63) is 24.2 Å². The molecule has 0 spiro atoms. The number of carbonyl (C=O) groups is 1. The number of anilines is 1. The van der Waals surface area contributed by atoms with Gasteiger partial charge in [0.25, 0.3) is 0 Å². The van der Waals surface area contributed by atoms with Gasteiger partial charge in [-0.3, -0.25) is 9.48 Å². The van der Waals surface area contributed by atoms with Gasteiger partial charge in [-0.1, -0.05) is 0 Å². The first-order valence-corrected chi connectivity index (χ1v) is 9.47. The summed E-state index contributed by atoms with van der Waals surface area (Å²) in [6.07, 6.45) is 9.32. The van der Waals surface area contributed by atoms with E-state index in [4.69, 9.17) is 4.98 Å². The third kappa shape index (κ3) is 2.74. The zero-order valence-corrected chi connectivity index (χ0v) is 15.2. The van der Waals surface area contributed by atoms with Crippen molar-refractivity contribution >= 4 is 11.7 Å². The number of aryl methyl sites for hydroxylation is 1. The maximum absolute atomic E-state index is 12.6. The van der Waals surface area contributed by atoms with Crippen LogP contribution < -0.4 is 4.90 Å². The van der Waals surface area contributed by atoms with Crippen LogP contribution in [0, 0.1) is 17.2 Å². The molecule has 1 aliphatic carbocycles. The second-order valence-corrected chi connectivity index (χ2v) is 7.75. The number of fused-ring (bicyclic) bond motifs is 3. The maximum Gasteiger partial charge on any atom is 0.226 e. The molecule has 8 nitrogen and oxygen atoms in total. The van der Waals surface area contributed by atoms with Gasteiger partial charge in [0.2, 0.25) is 5.91 Å². The Morgan fingerprint density at radius 2 is 2.00 bits per heavy atom. The number of hydrogen-bond donors (Lipinski definition) is 0. The lowest BCUT2D eigenvalue weighted by atomic mass is 9.90. The molecular weight excluding hydrogens is 342 g/mol. The molecule has 0 N–H and O–H groups in total. The molecule has 138 valence electrons. The molecule has 4 aliphatic rings. The van der Waals surface area contributed by atoms with Gasteiger partial charge < -0.3 is 9.80 Å². The Morgan fingerprint density at radius 3 is 2.63 bits per heavy atom. The minimum absolute atomic E-state index is 0.210. The highest BCUT2D eigenvalue weighted by molar-refractivity contribution is 5.82. The Bertz CT molecular complexity index is 942.